The summed E-state index contributed by atoms with van der Waals surface area (Å²) in [5.41, 5.74) is 10.1. The molecule has 0 radical (unpaired) electrons. The number of nitrogens with two attached hydrogens (primary N) is 2. The summed E-state index contributed by atoms with van der Waals surface area (Å²) < 4.78 is 0. The normalized spacial score (nSPS) is 8.62. The minimum absolute atomic E-state index is 0.812. The minimum Gasteiger partial charge on any atom is -0.350 e. The Balaban J connectivity index is 2.82. The molecule has 0 aliphatic heterocycles. The van der Waals surface area contributed by atoms with E-state index >= 15 is 0 Å². The Kier molecular flexibility index (Phi) is 3.80. The Bertz CT molecular complexity index is 72.8. The lowest BCUT2D eigenvalue weighted by molar-refractivity contribution is -0.0398. The van der Waals surface area contributed by atoms with Crippen LogP contribution in [0.3, 0.4) is 0 Å². The van der Waals surface area contributed by atoms with Crippen molar-refractivity contribution in [2.75, 3.05) is 0 Å². The third kappa shape index (κ3) is 5.11. The van der Waals surface area contributed by atoms with Gasteiger partial charge in [0.25, 0.3) is 0 Å². The lowest BCUT2D eigenvalue weighted by Gasteiger charge is -1.99. The second kappa shape index (κ2) is 4.27. The summed E-state index contributed by atoms with van der Waals surface area (Å²) in [4.78, 5) is 13.8. The SMILES string of the molecule is NNNONC(N)=O. The molecule has 0 atom stereocenters. The fourth-order valence-electron chi connectivity index (χ4n) is 0.105. The van der Waals surface area contributed by atoms with Crippen LogP contribution < -0.4 is 28.2 Å². The molecule has 7 nitrogen and oxygen atoms in total. The van der Waals surface area contributed by atoms with E-state index in [1.165, 1.54) is 0 Å². The van der Waals surface area contributed by atoms with Gasteiger partial charge >= 0.3 is 6.03 Å². The van der Waals surface area contributed by atoms with Gasteiger partial charge < -0.3 is 5.73 Å². The van der Waals surface area contributed by atoms with Crippen molar-refractivity contribution in [2.45, 2.75) is 0 Å². The number of primary amides is 1. The first-order chi connectivity index (χ1) is 3.77. The van der Waals surface area contributed by atoms with Crippen LogP contribution in [0.5, 0.6) is 0 Å². The first-order valence-electron chi connectivity index (χ1n) is 1.69. The molecule has 0 aromatic heterocycles. The van der Waals surface area contributed by atoms with Crippen LogP contribution >= 0.6 is 0 Å². The van der Waals surface area contributed by atoms with Gasteiger partial charge in [-0.1, -0.05) is 5.59 Å². The summed E-state index contributed by atoms with van der Waals surface area (Å²) in [7, 11) is 0. The van der Waals surface area contributed by atoms with E-state index in [4.69, 9.17) is 0 Å². The second-order valence-corrected chi connectivity index (χ2v) is 0.815. The smallest absolute Gasteiger partial charge is 0.337 e. The van der Waals surface area contributed by atoms with Crippen molar-refractivity contribution in [1.82, 2.24) is 16.6 Å². The molecule has 0 bridgehead atoms. The lowest BCUT2D eigenvalue weighted by Crippen LogP contribution is -2.44. The van der Waals surface area contributed by atoms with Crippen molar-refractivity contribution in [3.8, 4) is 0 Å². The molecule has 0 saturated heterocycles. The Morgan fingerprint density at radius 1 is 1.62 bits per heavy atom. The van der Waals surface area contributed by atoms with Crippen LogP contribution in [0.15, 0.2) is 0 Å². The second-order valence-electron chi connectivity index (χ2n) is 0.815. The monoisotopic (exact) mass is 121 g/mol. The summed E-state index contributed by atoms with van der Waals surface area (Å²) in [6.07, 6.45) is 0. The van der Waals surface area contributed by atoms with Crippen molar-refractivity contribution in [3.63, 3.8) is 0 Å². The van der Waals surface area contributed by atoms with Gasteiger partial charge in [-0.25, -0.2) is 4.79 Å². The highest BCUT2D eigenvalue weighted by Gasteiger charge is 1.85. The number of hydrogen-bond donors (Lipinski definition) is 5. The predicted octanol–water partition coefficient (Wildman–Crippen LogP) is -2.53. The molecule has 0 aliphatic rings. The molecule has 0 saturated carbocycles. The van der Waals surface area contributed by atoms with E-state index in [1.807, 2.05) is 11.1 Å². The molecule has 7 N–H and O–H groups in total. The number of hydrazine groups is 2. The van der Waals surface area contributed by atoms with Gasteiger partial charge in [0.2, 0.25) is 0 Å². The molecular weight excluding hydrogens is 114 g/mol. The number of hydrogen-bond acceptors (Lipinski definition) is 5. The Morgan fingerprint density at radius 2 is 2.25 bits per heavy atom. The molecule has 0 unspecified atom stereocenters. The van der Waals surface area contributed by atoms with E-state index in [2.05, 4.69) is 16.5 Å². The first kappa shape index (κ1) is 7.11. The topological polar surface area (TPSA) is 114 Å². The third-order valence-corrected chi connectivity index (χ3v) is 0.262. The number of nitrogens with one attached hydrogen (secondary N) is 3. The zero-order valence-corrected chi connectivity index (χ0v) is 3.97. The van der Waals surface area contributed by atoms with Crippen molar-refractivity contribution < 1.29 is 9.73 Å². The van der Waals surface area contributed by atoms with Gasteiger partial charge in [-0.3, -0.25) is 5.84 Å². The molecule has 7 heteroatoms. The quantitative estimate of drug-likeness (QED) is 0.160. The predicted molar refractivity (Wildman–Crippen MR) is 24.3 cm³/mol. The molecule has 0 heterocycles. The highest BCUT2D eigenvalue weighted by atomic mass is 16.8. The van der Waals surface area contributed by atoms with Crippen molar-refractivity contribution >= 4 is 6.03 Å². The van der Waals surface area contributed by atoms with Gasteiger partial charge in [0.05, 0.1) is 0 Å². The van der Waals surface area contributed by atoms with Crippen molar-refractivity contribution in [3.05, 3.63) is 0 Å². The largest absolute Gasteiger partial charge is 0.350 e. The molecule has 0 spiro atoms. The van der Waals surface area contributed by atoms with E-state index < -0.39 is 6.03 Å². The van der Waals surface area contributed by atoms with E-state index in [9.17, 15) is 4.79 Å². The van der Waals surface area contributed by atoms with Gasteiger partial charge in [-0.15, -0.1) is 0 Å². The average Bonchev–Trinajstić information content (AvgIpc) is 1.66. The Hall–Kier alpha value is -0.890. The van der Waals surface area contributed by atoms with Gasteiger partial charge in [0.1, 0.15) is 0 Å². The first-order valence-corrected chi connectivity index (χ1v) is 1.69. The van der Waals surface area contributed by atoms with Gasteiger partial charge in [0, 0.05) is 0 Å². The van der Waals surface area contributed by atoms with Gasteiger partial charge in [-0.2, -0.15) is 16.0 Å². The molecule has 8 heavy (non-hydrogen) atoms. The maximum absolute atomic E-state index is 9.75. The molecule has 48 valence electrons. The fraction of sp³-hybridized carbons (Fsp3) is 0. The van der Waals surface area contributed by atoms with Crippen LogP contribution in [-0.4, -0.2) is 6.03 Å². The zero-order chi connectivity index (χ0) is 6.41. The van der Waals surface area contributed by atoms with E-state index in [0.717, 1.165) is 0 Å². The van der Waals surface area contributed by atoms with Crippen molar-refractivity contribution in [2.24, 2.45) is 11.6 Å². The van der Waals surface area contributed by atoms with E-state index in [1.54, 1.807) is 5.48 Å². The third-order valence-electron chi connectivity index (χ3n) is 0.262. The van der Waals surface area contributed by atoms with E-state index in [0.29, 0.717) is 0 Å². The summed E-state index contributed by atoms with van der Waals surface area (Å²) >= 11 is 0. The summed E-state index contributed by atoms with van der Waals surface area (Å²) in [6.45, 7) is 0. The lowest BCUT2D eigenvalue weighted by atomic mass is 11.2. The Morgan fingerprint density at radius 3 is 2.62 bits per heavy atom. The number of amides is 2. The van der Waals surface area contributed by atoms with Crippen LogP contribution in [0.4, 0.5) is 4.79 Å². The van der Waals surface area contributed by atoms with Crippen LogP contribution in [-0.2, 0) is 4.94 Å². The number of carbonyl (C=O) groups is 1. The summed E-state index contributed by atoms with van der Waals surface area (Å²) in [6, 6.07) is -0.812. The highest BCUT2D eigenvalue weighted by Crippen LogP contribution is 1.49. The molecule has 0 rings (SSSR count). The molecule has 2 amide bonds. The number of hydroxylamine groups is 1. The maximum Gasteiger partial charge on any atom is 0.337 e. The highest BCUT2D eigenvalue weighted by molar-refractivity contribution is 5.70. The van der Waals surface area contributed by atoms with Gasteiger partial charge in [-0.05, 0) is 0 Å². The van der Waals surface area contributed by atoms with Crippen LogP contribution in [0.1, 0.15) is 0 Å². The minimum atomic E-state index is -0.812. The Labute approximate surface area is 45.2 Å². The molecule has 0 fully saturated rings. The van der Waals surface area contributed by atoms with Crippen molar-refractivity contribution in [1.29, 1.82) is 0 Å². The standard InChI is InChI=1S/CH7N5O2/c2-1(7)4-8-6-5-3/h5-6H,3H2,(H3,2,4,7). The summed E-state index contributed by atoms with van der Waals surface area (Å²) in [5, 5.41) is 0. The van der Waals surface area contributed by atoms with Crippen LogP contribution in [0.25, 0.3) is 0 Å². The number of urea groups is 1. The number of rotatable bonds is 3. The molecule has 0 aromatic carbocycles. The van der Waals surface area contributed by atoms with Crippen LogP contribution in [0, 0.1) is 0 Å². The number of carbonyl (C=O) groups excluding carboxylic acids is 1. The zero-order valence-electron chi connectivity index (χ0n) is 3.97. The summed E-state index contributed by atoms with van der Waals surface area (Å²) in [5.74, 6) is 4.64. The van der Waals surface area contributed by atoms with Crippen LogP contribution in [0.2, 0.25) is 0 Å². The fourth-order valence-corrected chi connectivity index (χ4v) is 0.105. The molecule has 0 aliphatic carbocycles. The molecular formula is CH7N5O2. The average molecular weight is 121 g/mol. The molecule has 0 aromatic rings. The maximum atomic E-state index is 9.75. The van der Waals surface area contributed by atoms with Gasteiger partial charge in [0.15, 0.2) is 0 Å². The van der Waals surface area contributed by atoms with E-state index in [-0.39, 0.29) is 0 Å².